The Kier molecular flexibility index (Phi) is 5.89. The van der Waals surface area contributed by atoms with Crippen molar-refractivity contribution >= 4 is 40.3 Å². The number of hydrogen-bond acceptors (Lipinski definition) is 7. The SMILES string of the molecule is COc1ccc(C(=O)N/N=C\c2cc3ccc([N+](=O)[O-])cc3nc2Cl)cc1OC. The highest BCUT2D eigenvalue weighted by molar-refractivity contribution is 6.32. The molecule has 0 unspecified atom stereocenters. The molecule has 148 valence electrons. The molecule has 0 radical (unpaired) electrons. The second-order valence-corrected chi connectivity index (χ2v) is 6.13. The number of rotatable bonds is 6. The van der Waals surface area contributed by atoms with Crippen LogP contribution in [0.3, 0.4) is 0 Å². The van der Waals surface area contributed by atoms with E-state index < -0.39 is 10.8 Å². The third kappa shape index (κ3) is 4.41. The van der Waals surface area contributed by atoms with Gasteiger partial charge in [0.25, 0.3) is 11.6 Å². The average Bonchev–Trinajstić information content (AvgIpc) is 2.72. The number of benzene rings is 2. The van der Waals surface area contributed by atoms with Gasteiger partial charge in [0.05, 0.1) is 30.9 Å². The van der Waals surface area contributed by atoms with Gasteiger partial charge < -0.3 is 9.47 Å². The van der Waals surface area contributed by atoms with Gasteiger partial charge in [-0.1, -0.05) is 11.6 Å². The van der Waals surface area contributed by atoms with Crippen LogP contribution in [-0.2, 0) is 0 Å². The van der Waals surface area contributed by atoms with Crippen molar-refractivity contribution in [1.29, 1.82) is 0 Å². The Balaban J connectivity index is 1.78. The van der Waals surface area contributed by atoms with Crippen LogP contribution in [0.2, 0.25) is 5.15 Å². The summed E-state index contributed by atoms with van der Waals surface area (Å²) in [6.45, 7) is 0. The highest BCUT2D eigenvalue weighted by Gasteiger charge is 2.11. The monoisotopic (exact) mass is 414 g/mol. The van der Waals surface area contributed by atoms with Crippen LogP contribution in [0.15, 0.2) is 47.6 Å². The van der Waals surface area contributed by atoms with E-state index in [0.29, 0.717) is 33.5 Å². The van der Waals surface area contributed by atoms with Crippen LogP contribution in [0.4, 0.5) is 5.69 Å². The molecule has 0 fully saturated rings. The zero-order valence-electron chi connectivity index (χ0n) is 15.4. The van der Waals surface area contributed by atoms with Crippen molar-refractivity contribution in [2.45, 2.75) is 0 Å². The number of methoxy groups -OCH3 is 2. The molecule has 0 saturated heterocycles. The summed E-state index contributed by atoms with van der Waals surface area (Å²) in [5.41, 5.74) is 3.47. The van der Waals surface area contributed by atoms with Gasteiger partial charge in [-0.25, -0.2) is 10.4 Å². The van der Waals surface area contributed by atoms with Crippen molar-refractivity contribution in [1.82, 2.24) is 10.4 Å². The molecule has 3 rings (SSSR count). The molecule has 2 aromatic carbocycles. The van der Waals surface area contributed by atoms with E-state index in [1.54, 1.807) is 24.3 Å². The number of nitro benzene ring substituents is 1. The summed E-state index contributed by atoms with van der Waals surface area (Å²) in [4.78, 5) is 26.8. The molecular weight excluding hydrogens is 400 g/mol. The Morgan fingerprint density at radius 2 is 1.93 bits per heavy atom. The van der Waals surface area contributed by atoms with Crippen LogP contribution >= 0.6 is 11.6 Å². The first kappa shape index (κ1) is 20.0. The van der Waals surface area contributed by atoms with E-state index in [0.717, 1.165) is 0 Å². The van der Waals surface area contributed by atoms with Crippen LogP contribution in [-0.4, -0.2) is 36.2 Å². The third-order valence-electron chi connectivity index (χ3n) is 4.01. The summed E-state index contributed by atoms with van der Waals surface area (Å²) >= 11 is 6.13. The van der Waals surface area contributed by atoms with Gasteiger partial charge in [-0.2, -0.15) is 5.10 Å². The van der Waals surface area contributed by atoms with Crippen LogP contribution < -0.4 is 14.9 Å². The maximum absolute atomic E-state index is 12.3. The standard InChI is InChI=1S/C19H15ClN4O5/c1-28-16-6-4-12(8-17(16)29-2)19(25)23-21-10-13-7-11-3-5-14(24(26)27)9-15(11)22-18(13)20/h3-10H,1-2H3,(H,23,25)/b21-10-. The maximum Gasteiger partial charge on any atom is 0.271 e. The van der Waals surface area contributed by atoms with Crippen molar-refractivity contribution < 1.29 is 19.2 Å². The Hall–Kier alpha value is -3.72. The largest absolute Gasteiger partial charge is 0.493 e. The molecular formula is C19H15ClN4O5. The zero-order chi connectivity index (χ0) is 21.0. The lowest BCUT2D eigenvalue weighted by molar-refractivity contribution is -0.384. The fraction of sp³-hybridized carbons (Fsp3) is 0.105. The first-order valence-corrected chi connectivity index (χ1v) is 8.61. The minimum Gasteiger partial charge on any atom is -0.493 e. The molecule has 0 atom stereocenters. The molecule has 1 aromatic heterocycles. The molecule has 0 aliphatic carbocycles. The summed E-state index contributed by atoms with van der Waals surface area (Å²) < 4.78 is 10.3. The maximum atomic E-state index is 12.3. The molecule has 3 aromatic rings. The molecule has 10 heteroatoms. The number of pyridine rings is 1. The summed E-state index contributed by atoms with van der Waals surface area (Å²) in [6.07, 6.45) is 1.34. The van der Waals surface area contributed by atoms with E-state index in [-0.39, 0.29) is 10.8 Å². The minimum atomic E-state index is -0.506. The summed E-state index contributed by atoms with van der Waals surface area (Å²) in [5, 5.41) is 15.5. The number of nitro groups is 1. The molecule has 1 heterocycles. The van der Waals surface area contributed by atoms with E-state index in [1.807, 2.05) is 0 Å². The third-order valence-corrected chi connectivity index (χ3v) is 4.31. The molecule has 1 amide bonds. The summed E-state index contributed by atoms with van der Waals surface area (Å²) in [7, 11) is 2.97. The van der Waals surface area contributed by atoms with Crippen molar-refractivity contribution in [2.75, 3.05) is 14.2 Å². The topological polar surface area (TPSA) is 116 Å². The van der Waals surface area contributed by atoms with Gasteiger partial charge in [0, 0.05) is 28.6 Å². The zero-order valence-corrected chi connectivity index (χ0v) is 16.1. The van der Waals surface area contributed by atoms with Crippen molar-refractivity contribution in [3.63, 3.8) is 0 Å². The fourth-order valence-corrected chi connectivity index (χ4v) is 2.75. The first-order valence-electron chi connectivity index (χ1n) is 8.23. The van der Waals surface area contributed by atoms with Crippen LogP contribution in [0.5, 0.6) is 11.5 Å². The lowest BCUT2D eigenvalue weighted by atomic mass is 10.1. The molecule has 9 nitrogen and oxygen atoms in total. The quantitative estimate of drug-likeness (QED) is 0.285. The first-order chi connectivity index (χ1) is 13.9. The predicted octanol–water partition coefficient (Wildman–Crippen LogP) is 3.58. The van der Waals surface area contributed by atoms with Crippen LogP contribution in [0.1, 0.15) is 15.9 Å². The van der Waals surface area contributed by atoms with Crippen LogP contribution in [0.25, 0.3) is 10.9 Å². The number of fused-ring (bicyclic) bond motifs is 1. The van der Waals surface area contributed by atoms with Crippen LogP contribution in [0, 0.1) is 10.1 Å². The average molecular weight is 415 g/mol. The predicted molar refractivity (Wildman–Crippen MR) is 108 cm³/mol. The second-order valence-electron chi connectivity index (χ2n) is 5.77. The molecule has 1 N–H and O–H groups in total. The lowest BCUT2D eigenvalue weighted by Gasteiger charge is -2.08. The smallest absolute Gasteiger partial charge is 0.271 e. The number of amides is 1. The van der Waals surface area contributed by atoms with Gasteiger partial charge in [-0.15, -0.1) is 0 Å². The van der Waals surface area contributed by atoms with Crippen molar-refractivity contribution in [3.8, 4) is 11.5 Å². The summed E-state index contributed by atoms with van der Waals surface area (Å²) in [6, 6.07) is 10.7. The van der Waals surface area contributed by atoms with E-state index in [9.17, 15) is 14.9 Å². The van der Waals surface area contributed by atoms with Gasteiger partial charge in [0.15, 0.2) is 11.5 Å². The highest BCUT2D eigenvalue weighted by atomic mass is 35.5. The molecule has 0 spiro atoms. The van der Waals surface area contributed by atoms with Gasteiger partial charge in [-0.05, 0) is 30.3 Å². The number of carbonyl (C=O) groups is 1. The normalized spacial score (nSPS) is 10.9. The lowest BCUT2D eigenvalue weighted by Crippen LogP contribution is -2.17. The number of ether oxygens (including phenoxy) is 2. The van der Waals surface area contributed by atoms with Gasteiger partial charge in [0.1, 0.15) is 5.15 Å². The number of hydrazone groups is 1. The second kappa shape index (κ2) is 8.53. The molecule has 0 aliphatic heterocycles. The number of halogens is 1. The van der Waals surface area contributed by atoms with E-state index in [2.05, 4.69) is 15.5 Å². The number of non-ortho nitro benzene ring substituents is 1. The molecule has 0 bridgehead atoms. The van der Waals surface area contributed by atoms with Crippen molar-refractivity contribution in [2.24, 2.45) is 5.10 Å². The molecule has 0 saturated carbocycles. The summed E-state index contributed by atoms with van der Waals surface area (Å²) in [5.74, 6) is 0.463. The number of hydrogen-bond donors (Lipinski definition) is 1. The molecule has 0 aliphatic rings. The number of nitrogens with one attached hydrogen (secondary N) is 1. The minimum absolute atomic E-state index is 0.0790. The fourth-order valence-electron chi connectivity index (χ4n) is 2.55. The van der Waals surface area contributed by atoms with Gasteiger partial charge in [-0.3, -0.25) is 14.9 Å². The van der Waals surface area contributed by atoms with E-state index in [1.165, 1.54) is 38.6 Å². The number of nitrogens with zero attached hydrogens (tertiary/aromatic N) is 3. The number of aromatic nitrogens is 1. The Morgan fingerprint density at radius 3 is 2.62 bits per heavy atom. The van der Waals surface area contributed by atoms with Crippen molar-refractivity contribution in [3.05, 3.63) is 68.9 Å². The highest BCUT2D eigenvalue weighted by Crippen LogP contribution is 2.27. The Morgan fingerprint density at radius 1 is 1.17 bits per heavy atom. The number of carbonyl (C=O) groups excluding carboxylic acids is 1. The Bertz CT molecular complexity index is 1130. The van der Waals surface area contributed by atoms with Gasteiger partial charge >= 0.3 is 0 Å². The van der Waals surface area contributed by atoms with E-state index >= 15 is 0 Å². The Labute approximate surface area is 170 Å². The van der Waals surface area contributed by atoms with Gasteiger partial charge in [0.2, 0.25) is 0 Å². The van der Waals surface area contributed by atoms with E-state index in [4.69, 9.17) is 21.1 Å². The molecule has 29 heavy (non-hydrogen) atoms.